The molecule has 7 nitrogen and oxygen atoms in total. The van der Waals surface area contributed by atoms with Gasteiger partial charge in [0.1, 0.15) is 22.5 Å². The van der Waals surface area contributed by atoms with E-state index < -0.39 is 30.2 Å². The Morgan fingerprint density at radius 2 is 1.72 bits per heavy atom. The number of amides is 2. The topological polar surface area (TPSA) is 75.6 Å². The number of halogens is 3. The monoisotopic (exact) mass is 430 g/mol. The maximum Gasteiger partial charge on any atom is 0.410 e. The van der Waals surface area contributed by atoms with Crippen LogP contribution in [0.3, 0.4) is 0 Å². The summed E-state index contributed by atoms with van der Waals surface area (Å²) in [7, 11) is 0. The summed E-state index contributed by atoms with van der Waals surface area (Å²) in [5, 5.41) is 0.316. The van der Waals surface area contributed by atoms with Gasteiger partial charge in [-0.1, -0.05) is 0 Å². The Kier molecular flexibility index (Phi) is 5.70. The number of alkyl halides is 3. The van der Waals surface area contributed by atoms with Gasteiger partial charge in [0.05, 0.1) is 6.42 Å². The number of rotatable bonds is 2. The normalized spacial score (nSPS) is 15.7. The number of aromatic nitrogens is 2. The Bertz CT molecular complexity index is 915. The van der Waals surface area contributed by atoms with Gasteiger partial charge in [-0.15, -0.1) is 11.3 Å². The molecule has 0 aromatic carbocycles. The van der Waals surface area contributed by atoms with Crippen molar-refractivity contribution in [1.82, 2.24) is 19.8 Å². The number of carbonyl (C=O) groups excluding carboxylic acids is 2. The number of nitrogens with zero attached hydrogens (tertiary/aromatic N) is 4. The van der Waals surface area contributed by atoms with Gasteiger partial charge in [-0.2, -0.15) is 13.2 Å². The lowest BCUT2D eigenvalue weighted by Gasteiger charge is -2.35. The van der Waals surface area contributed by atoms with E-state index in [0.29, 0.717) is 23.3 Å². The lowest BCUT2D eigenvalue weighted by atomic mass is 10.2. The van der Waals surface area contributed by atoms with Crippen LogP contribution in [-0.4, -0.2) is 69.7 Å². The summed E-state index contributed by atoms with van der Waals surface area (Å²) in [5.74, 6) is -0.391. The van der Waals surface area contributed by atoms with Crippen molar-refractivity contribution in [3.05, 3.63) is 23.0 Å². The molecule has 0 atom stereocenters. The van der Waals surface area contributed by atoms with E-state index in [1.165, 1.54) is 22.2 Å². The highest BCUT2D eigenvalue weighted by molar-refractivity contribution is 7.18. The number of carbonyl (C=O) groups is 2. The summed E-state index contributed by atoms with van der Waals surface area (Å²) >= 11 is 0.901. The first-order chi connectivity index (χ1) is 13.4. The van der Waals surface area contributed by atoms with Gasteiger partial charge in [0.15, 0.2) is 0 Å². The summed E-state index contributed by atoms with van der Waals surface area (Å²) in [4.78, 5) is 36.5. The third-order valence-electron chi connectivity index (χ3n) is 4.18. The van der Waals surface area contributed by atoms with Crippen LogP contribution in [0.15, 0.2) is 12.4 Å². The number of piperazine rings is 1. The fourth-order valence-electron chi connectivity index (χ4n) is 2.93. The van der Waals surface area contributed by atoms with E-state index in [1.807, 2.05) is 0 Å². The predicted molar refractivity (Wildman–Crippen MR) is 101 cm³/mol. The van der Waals surface area contributed by atoms with Crippen molar-refractivity contribution < 1.29 is 27.5 Å². The van der Waals surface area contributed by atoms with Crippen LogP contribution in [0, 0.1) is 0 Å². The first-order valence-electron chi connectivity index (χ1n) is 9.00. The molecule has 0 spiro atoms. The molecule has 0 bridgehead atoms. The number of fused-ring (bicyclic) bond motifs is 1. The molecule has 0 unspecified atom stereocenters. The second-order valence-corrected chi connectivity index (χ2v) is 8.82. The number of thiophene rings is 1. The minimum atomic E-state index is -4.34. The zero-order valence-corrected chi connectivity index (χ0v) is 17.1. The Labute approximate surface area is 169 Å². The molecule has 2 aromatic rings. The first-order valence-corrected chi connectivity index (χ1v) is 9.82. The molecule has 1 fully saturated rings. The van der Waals surface area contributed by atoms with E-state index in [1.54, 1.807) is 20.8 Å². The summed E-state index contributed by atoms with van der Waals surface area (Å²) < 4.78 is 43.4. The van der Waals surface area contributed by atoms with E-state index in [2.05, 4.69) is 9.97 Å². The zero-order chi connectivity index (χ0) is 21.4. The average molecular weight is 430 g/mol. The van der Waals surface area contributed by atoms with Crippen molar-refractivity contribution in [2.45, 2.75) is 39.0 Å². The van der Waals surface area contributed by atoms with Crippen LogP contribution in [-0.2, 0) is 11.2 Å². The maximum absolute atomic E-state index is 12.9. The third-order valence-corrected chi connectivity index (χ3v) is 5.22. The molecule has 0 N–H and O–H groups in total. The average Bonchev–Trinajstić information content (AvgIpc) is 3.00. The molecule has 29 heavy (non-hydrogen) atoms. The van der Waals surface area contributed by atoms with E-state index in [9.17, 15) is 22.8 Å². The van der Waals surface area contributed by atoms with Crippen molar-refractivity contribution in [1.29, 1.82) is 0 Å². The van der Waals surface area contributed by atoms with Gasteiger partial charge in [-0.3, -0.25) is 4.79 Å². The predicted octanol–water partition coefficient (Wildman–Crippen LogP) is 3.49. The van der Waals surface area contributed by atoms with Gasteiger partial charge in [0.25, 0.3) is 5.91 Å². The molecular weight excluding hydrogens is 409 g/mol. The smallest absolute Gasteiger partial charge is 0.410 e. The fraction of sp³-hybridized carbons (Fsp3) is 0.556. The first kappa shape index (κ1) is 21.3. The largest absolute Gasteiger partial charge is 0.444 e. The quantitative estimate of drug-likeness (QED) is 0.729. The van der Waals surface area contributed by atoms with E-state index in [-0.39, 0.29) is 23.7 Å². The van der Waals surface area contributed by atoms with Crippen molar-refractivity contribution >= 4 is 33.6 Å². The van der Waals surface area contributed by atoms with Gasteiger partial charge in [-0.05, 0) is 26.8 Å². The van der Waals surface area contributed by atoms with Gasteiger partial charge >= 0.3 is 12.3 Å². The molecule has 1 aliphatic heterocycles. The lowest BCUT2D eigenvalue weighted by molar-refractivity contribution is -0.126. The van der Waals surface area contributed by atoms with E-state index in [0.717, 1.165) is 11.3 Å². The van der Waals surface area contributed by atoms with Crippen LogP contribution < -0.4 is 0 Å². The molecule has 2 amide bonds. The molecule has 1 saturated heterocycles. The summed E-state index contributed by atoms with van der Waals surface area (Å²) in [5.41, 5.74) is -0.533. The van der Waals surface area contributed by atoms with Gasteiger partial charge in [0.2, 0.25) is 0 Å². The minimum absolute atomic E-state index is 0.0744. The van der Waals surface area contributed by atoms with Gasteiger partial charge in [0, 0.05) is 36.4 Å². The Balaban J connectivity index is 1.71. The summed E-state index contributed by atoms with van der Waals surface area (Å²) in [6.45, 7) is 6.50. The van der Waals surface area contributed by atoms with Crippen LogP contribution in [0.1, 0.15) is 36.1 Å². The molecule has 3 heterocycles. The Morgan fingerprint density at radius 1 is 1.10 bits per heavy atom. The minimum Gasteiger partial charge on any atom is -0.444 e. The van der Waals surface area contributed by atoms with Crippen molar-refractivity contribution in [3.63, 3.8) is 0 Å². The van der Waals surface area contributed by atoms with Crippen molar-refractivity contribution in [2.75, 3.05) is 26.2 Å². The molecule has 0 aliphatic carbocycles. The van der Waals surface area contributed by atoms with E-state index >= 15 is 0 Å². The lowest BCUT2D eigenvalue weighted by Crippen LogP contribution is -2.51. The van der Waals surface area contributed by atoms with Crippen LogP contribution >= 0.6 is 11.3 Å². The zero-order valence-electron chi connectivity index (χ0n) is 16.2. The molecular formula is C18H21F3N4O3S. The second kappa shape index (κ2) is 7.77. The van der Waals surface area contributed by atoms with Crippen LogP contribution in [0.4, 0.5) is 18.0 Å². The molecule has 2 aromatic heterocycles. The highest BCUT2D eigenvalue weighted by atomic mass is 32.1. The highest BCUT2D eigenvalue weighted by Crippen LogP contribution is 2.31. The van der Waals surface area contributed by atoms with Crippen molar-refractivity contribution in [3.8, 4) is 0 Å². The highest BCUT2D eigenvalue weighted by Gasteiger charge is 2.31. The van der Waals surface area contributed by atoms with Gasteiger partial charge < -0.3 is 14.5 Å². The SMILES string of the molecule is CC(C)(C)OC(=O)N1CCN(C(=O)c2ncnc3sc(CC(F)(F)F)cc23)CC1. The van der Waals surface area contributed by atoms with Crippen LogP contribution in [0.2, 0.25) is 0 Å². The van der Waals surface area contributed by atoms with Crippen molar-refractivity contribution in [2.24, 2.45) is 0 Å². The molecule has 158 valence electrons. The number of hydrogen-bond donors (Lipinski definition) is 0. The van der Waals surface area contributed by atoms with Crippen LogP contribution in [0.5, 0.6) is 0 Å². The number of ether oxygens (including phenoxy) is 1. The standard InChI is InChI=1S/C18H21F3N4O3S/c1-17(2,3)28-16(27)25-6-4-24(5-7-25)15(26)13-12-8-11(9-18(19,20)21)29-14(12)23-10-22-13/h8,10H,4-7,9H2,1-3H3. The summed E-state index contributed by atoms with van der Waals surface area (Å²) in [6.07, 6.45) is -4.67. The third kappa shape index (κ3) is 5.34. The number of hydrogen-bond acceptors (Lipinski definition) is 6. The Morgan fingerprint density at radius 3 is 2.31 bits per heavy atom. The Hall–Kier alpha value is -2.43. The van der Waals surface area contributed by atoms with Gasteiger partial charge in [-0.25, -0.2) is 14.8 Å². The fourth-order valence-corrected chi connectivity index (χ4v) is 3.96. The molecule has 0 saturated carbocycles. The molecule has 1 aliphatic rings. The molecule has 0 radical (unpaired) electrons. The second-order valence-electron chi connectivity index (χ2n) is 7.71. The molecule has 3 rings (SSSR count). The maximum atomic E-state index is 12.9. The van der Waals surface area contributed by atoms with E-state index in [4.69, 9.17) is 4.74 Å². The molecule has 11 heteroatoms. The summed E-state index contributed by atoms with van der Waals surface area (Å²) in [6, 6.07) is 1.33. The van der Waals surface area contributed by atoms with Crippen LogP contribution in [0.25, 0.3) is 10.2 Å².